The highest BCUT2D eigenvalue weighted by Gasteiger charge is 2.37. The first-order chi connectivity index (χ1) is 9.58. The molecule has 5 heteroatoms. The number of aliphatic carboxylic acids is 1. The topological polar surface area (TPSA) is 73.4 Å². The Morgan fingerprint density at radius 3 is 2.80 bits per heavy atom. The lowest BCUT2D eigenvalue weighted by molar-refractivity contribution is -0.142. The van der Waals surface area contributed by atoms with Crippen molar-refractivity contribution in [2.45, 2.75) is 6.92 Å². The summed E-state index contributed by atoms with van der Waals surface area (Å²) in [5.74, 6) is -1.40. The molecule has 20 heavy (non-hydrogen) atoms. The van der Waals surface area contributed by atoms with E-state index in [1.54, 1.807) is 17.2 Å². The highest BCUT2D eigenvalue weighted by atomic mass is 16.4. The number of benzene rings is 1. The summed E-state index contributed by atoms with van der Waals surface area (Å²) in [6.07, 6.45) is 1.80. The van der Waals surface area contributed by atoms with Crippen molar-refractivity contribution in [2.75, 3.05) is 13.1 Å². The maximum Gasteiger partial charge on any atom is 0.308 e. The number of amides is 1. The van der Waals surface area contributed by atoms with Gasteiger partial charge in [-0.2, -0.15) is 0 Å². The van der Waals surface area contributed by atoms with E-state index in [-0.39, 0.29) is 18.4 Å². The van der Waals surface area contributed by atoms with E-state index in [1.807, 2.05) is 25.1 Å². The number of carbonyl (C=O) groups is 2. The van der Waals surface area contributed by atoms with Gasteiger partial charge in [0.05, 0.1) is 5.92 Å². The van der Waals surface area contributed by atoms with Crippen LogP contribution in [0.5, 0.6) is 0 Å². The number of hydrogen-bond acceptors (Lipinski definition) is 2. The lowest BCUT2D eigenvalue weighted by Crippen LogP contribution is -2.30. The lowest BCUT2D eigenvalue weighted by atomic mass is 9.99. The Labute approximate surface area is 116 Å². The van der Waals surface area contributed by atoms with Crippen molar-refractivity contribution >= 4 is 22.8 Å². The van der Waals surface area contributed by atoms with Crippen LogP contribution in [0.15, 0.2) is 30.5 Å². The normalized spacial score (nSPS) is 22.4. The third kappa shape index (κ3) is 1.95. The van der Waals surface area contributed by atoms with E-state index >= 15 is 0 Å². The number of hydrogen-bond donors (Lipinski definition) is 2. The van der Waals surface area contributed by atoms with Crippen molar-refractivity contribution < 1.29 is 14.7 Å². The fourth-order valence-electron chi connectivity index (χ4n) is 2.90. The summed E-state index contributed by atoms with van der Waals surface area (Å²) in [7, 11) is 0. The molecule has 1 aliphatic heterocycles. The minimum atomic E-state index is -0.826. The largest absolute Gasteiger partial charge is 0.481 e. The molecule has 0 spiro atoms. The Bertz CT molecular complexity index is 677. The highest BCUT2D eigenvalue weighted by molar-refractivity contribution is 6.06. The summed E-state index contributed by atoms with van der Waals surface area (Å²) in [5.41, 5.74) is 1.54. The van der Waals surface area contributed by atoms with Crippen LogP contribution in [0.1, 0.15) is 17.3 Å². The van der Waals surface area contributed by atoms with Gasteiger partial charge in [0.1, 0.15) is 0 Å². The second kappa shape index (κ2) is 4.67. The molecule has 1 fully saturated rings. The van der Waals surface area contributed by atoms with E-state index in [0.29, 0.717) is 12.1 Å². The van der Waals surface area contributed by atoms with E-state index in [1.165, 1.54) is 0 Å². The smallest absolute Gasteiger partial charge is 0.308 e. The van der Waals surface area contributed by atoms with Crippen molar-refractivity contribution in [2.24, 2.45) is 11.8 Å². The molecule has 1 aromatic heterocycles. The fraction of sp³-hybridized carbons (Fsp3) is 0.333. The van der Waals surface area contributed by atoms with Crippen LogP contribution in [0.2, 0.25) is 0 Å². The van der Waals surface area contributed by atoms with Crippen molar-refractivity contribution in [3.05, 3.63) is 36.0 Å². The van der Waals surface area contributed by atoms with Gasteiger partial charge < -0.3 is 15.0 Å². The van der Waals surface area contributed by atoms with Crippen LogP contribution in [-0.2, 0) is 4.79 Å². The minimum absolute atomic E-state index is 0.0122. The number of fused-ring (bicyclic) bond motifs is 1. The van der Waals surface area contributed by atoms with Crippen LogP contribution in [-0.4, -0.2) is 40.0 Å². The molecule has 2 aromatic rings. The average molecular weight is 272 g/mol. The third-order valence-electron chi connectivity index (χ3n) is 4.04. The molecule has 104 valence electrons. The second-order valence-corrected chi connectivity index (χ2v) is 5.38. The molecule has 0 aliphatic carbocycles. The Morgan fingerprint density at radius 2 is 2.10 bits per heavy atom. The SMILES string of the molecule is C[C@@H]1CN(C(=O)c2cccc3[nH]ccc23)C[C@H]1C(=O)O. The number of aromatic nitrogens is 1. The maximum atomic E-state index is 12.6. The quantitative estimate of drug-likeness (QED) is 0.877. The fourth-order valence-corrected chi connectivity index (χ4v) is 2.90. The molecule has 3 rings (SSSR count). The van der Waals surface area contributed by atoms with E-state index in [0.717, 1.165) is 10.9 Å². The van der Waals surface area contributed by atoms with Crippen LogP contribution in [0, 0.1) is 11.8 Å². The summed E-state index contributed by atoms with van der Waals surface area (Å²) in [6, 6.07) is 7.41. The molecule has 1 aliphatic rings. The van der Waals surface area contributed by atoms with Gasteiger partial charge >= 0.3 is 5.97 Å². The lowest BCUT2D eigenvalue weighted by Gasteiger charge is -2.16. The van der Waals surface area contributed by atoms with Gasteiger partial charge in [-0.15, -0.1) is 0 Å². The summed E-state index contributed by atoms with van der Waals surface area (Å²) in [6.45, 7) is 2.66. The zero-order valence-corrected chi connectivity index (χ0v) is 11.2. The van der Waals surface area contributed by atoms with Gasteiger partial charge in [-0.1, -0.05) is 13.0 Å². The molecule has 2 atom stereocenters. The number of nitrogens with one attached hydrogen (secondary N) is 1. The number of H-pyrrole nitrogens is 1. The van der Waals surface area contributed by atoms with Crippen molar-refractivity contribution in [3.63, 3.8) is 0 Å². The summed E-state index contributed by atoms with van der Waals surface area (Å²) < 4.78 is 0. The van der Waals surface area contributed by atoms with Crippen LogP contribution in [0.4, 0.5) is 0 Å². The molecule has 1 aromatic carbocycles. The molecule has 5 nitrogen and oxygen atoms in total. The monoisotopic (exact) mass is 272 g/mol. The molecule has 2 N–H and O–H groups in total. The maximum absolute atomic E-state index is 12.6. The molecular weight excluding hydrogens is 256 g/mol. The second-order valence-electron chi connectivity index (χ2n) is 5.38. The molecule has 0 radical (unpaired) electrons. The average Bonchev–Trinajstić information content (AvgIpc) is 3.03. The summed E-state index contributed by atoms with van der Waals surface area (Å²) >= 11 is 0. The highest BCUT2D eigenvalue weighted by Crippen LogP contribution is 2.26. The Morgan fingerprint density at radius 1 is 1.30 bits per heavy atom. The van der Waals surface area contributed by atoms with Gasteiger partial charge in [0.15, 0.2) is 0 Å². The third-order valence-corrected chi connectivity index (χ3v) is 4.04. The van der Waals surface area contributed by atoms with Gasteiger partial charge in [-0.25, -0.2) is 0 Å². The van der Waals surface area contributed by atoms with Gasteiger partial charge in [0, 0.05) is 35.8 Å². The molecule has 1 saturated heterocycles. The van der Waals surface area contributed by atoms with Crippen molar-refractivity contribution in [1.82, 2.24) is 9.88 Å². The Balaban J connectivity index is 1.90. The first kappa shape index (κ1) is 12.7. The van der Waals surface area contributed by atoms with E-state index < -0.39 is 11.9 Å². The predicted molar refractivity (Wildman–Crippen MR) is 74.5 cm³/mol. The zero-order valence-electron chi connectivity index (χ0n) is 11.2. The Kier molecular flexibility index (Phi) is 2.97. The number of carboxylic acid groups (broad SMARTS) is 1. The van der Waals surface area contributed by atoms with Gasteiger partial charge in [-0.3, -0.25) is 9.59 Å². The molecule has 1 amide bonds. The van der Waals surface area contributed by atoms with Gasteiger partial charge in [-0.05, 0) is 24.1 Å². The number of likely N-dealkylation sites (tertiary alicyclic amines) is 1. The predicted octanol–water partition coefficient (Wildman–Crippen LogP) is 1.96. The van der Waals surface area contributed by atoms with Crippen LogP contribution in [0.25, 0.3) is 10.9 Å². The Hall–Kier alpha value is -2.30. The van der Waals surface area contributed by atoms with Gasteiger partial charge in [0.2, 0.25) is 0 Å². The number of carbonyl (C=O) groups excluding carboxylic acids is 1. The number of aromatic amines is 1. The zero-order chi connectivity index (χ0) is 14.3. The van der Waals surface area contributed by atoms with E-state index in [4.69, 9.17) is 5.11 Å². The molecule has 2 heterocycles. The van der Waals surface area contributed by atoms with Crippen molar-refractivity contribution in [1.29, 1.82) is 0 Å². The molecule has 0 unspecified atom stereocenters. The number of carboxylic acids is 1. The van der Waals surface area contributed by atoms with Crippen LogP contribution < -0.4 is 0 Å². The molecular formula is C15H16N2O3. The summed E-state index contributed by atoms with van der Waals surface area (Å²) in [5, 5.41) is 10.0. The van der Waals surface area contributed by atoms with E-state index in [9.17, 15) is 9.59 Å². The molecule has 0 saturated carbocycles. The standard InChI is InChI=1S/C15H16N2O3/c1-9-7-17(8-12(9)15(19)20)14(18)11-3-2-4-13-10(11)5-6-16-13/h2-6,9,12,16H,7-8H2,1H3,(H,19,20)/t9-,12-/m1/s1. The molecule has 0 bridgehead atoms. The first-order valence-electron chi connectivity index (χ1n) is 6.66. The number of rotatable bonds is 2. The van der Waals surface area contributed by atoms with Crippen molar-refractivity contribution in [3.8, 4) is 0 Å². The van der Waals surface area contributed by atoms with Crippen LogP contribution in [0.3, 0.4) is 0 Å². The van der Waals surface area contributed by atoms with Crippen LogP contribution >= 0.6 is 0 Å². The van der Waals surface area contributed by atoms with Gasteiger partial charge in [0.25, 0.3) is 5.91 Å². The number of nitrogens with zero attached hydrogens (tertiary/aromatic N) is 1. The minimum Gasteiger partial charge on any atom is -0.481 e. The van der Waals surface area contributed by atoms with E-state index in [2.05, 4.69) is 4.98 Å². The summed E-state index contributed by atoms with van der Waals surface area (Å²) in [4.78, 5) is 28.5. The first-order valence-corrected chi connectivity index (χ1v) is 6.66.